The van der Waals surface area contributed by atoms with E-state index in [0.717, 1.165) is 18.6 Å². The molecule has 3 aromatic rings. The lowest BCUT2D eigenvalue weighted by Crippen LogP contribution is -2.26. The highest BCUT2D eigenvalue weighted by molar-refractivity contribution is 6.05. The number of hydrazone groups is 1. The van der Waals surface area contributed by atoms with Crippen molar-refractivity contribution < 1.29 is 4.74 Å². The minimum Gasteiger partial charge on any atom is -0.497 e. The van der Waals surface area contributed by atoms with Crippen molar-refractivity contribution in [3.8, 4) is 16.9 Å². The molecule has 1 aliphatic carbocycles. The summed E-state index contributed by atoms with van der Waals surface area (Å²) in [7, 11) is 1.72. The Hall–Kier alpha value is -3.07. The Bertz CT molecular complexity index is 993. The molecule has 1 aliphatic heterocycles. The van der Waals surface area contributed by atoms with E-state index in [0.29, 0.717) is 5.92 Å². The summed E-state index contributed by atoms with van der Waals surface area (Å²) in [6.07, 6.45) is 2.17. The van der Waals surface area contributed by atoms with Gasteiger partial charge in [-0.15, -0.1) is 0 Å². The first-order valence-corrected chi connectivity index (χ1v) is 9.49. The summed E-state index contributed by atoms with van der Waals surface area (Å²) in [4.78, 5) is 0. The van der Waals surface area contributed by atoms with E-state index >= 15 is 0 Å². The van der Waals surface area contributed by atoms with Crippen LogP contribution in [0, 0.1) is 5.92 Å². The first kappa shape index (κ1) is 16.1. The highest BCUT2D eigenvalue weighted by Gasteiger charge is 2.37. The highest BCUT2D eigenvalue weighted by Crippen LogP contribution is 2.39. The molecule has 3 heteroatoms. The molecule has 0 saturated heterocycles. The summed E-state index contributed by atoms with van der Waals surface area (Å²) in [5, 5.41) is 4.72. The van der Waals surface area contributed by atoms with Crippen LogP contribution >= 0.6 is 0 Å². The zero-order chi connectivity index (χ0) is 18.2. The van der Waals surface area contributed by atoms with Crippen LogP contribution < -0.4 is 10.2 Å². The fraction of sp³-hybridized carbons (Fsp3) is 0.208. The van der Waals surface area contributed by atoms with Crippen molar-refractivity contribution in [3.05, 3.63) is 89.5 Å². The minimum atomic E-state index is 0.250. The Morgan fingerprint density at radius 1 is 0.926 bits per heavy atom. The van der Waals surface area contributed by atoms with Gasteiger partial charge in [0.05, 0.1) is 18.9 Å². The molecule has 27 heavy (non-hydrogen) atoms. The van der Waals surface area contributed by atoms with E-state index in [1.54, 1.807) is 7.11 Å². The SMILES string of the molecule is COc1ccc2c(c1)CCC1C2=NNC1c1ccc(-c2ccccc2)cc1. The number of methoxy groups -OCH3 is 1. The van der Waals surface area contributed by atoms with E-state index in [4.69, 9.17) is 9.84 Å². The van der Waals surface area contributed by atoms with E-state index in [2.05, 4.69) is 72.2 Å². The number of rotatable bonds is 3. The van der Waals surface area contributed by atoms with Crippen LogP contribution in [0.1, 0.15) is 29.2 Å². The summed E-state index contributed by atoms with van der Waals surface area (Å²) in [5.74, 6) is 1.35. The van der Waals surface area contributed by atoms with E-state index in [-0.39, 0.29) is 6.04 Å². The lowest BCUT2D eigenvalue weighted by Gasteiger charge is -2.26. The normalized spacial score (nSPS) is 20.3. The second kappa shape index (κ2) is 6.58. The van der Waals surface area contributed by atoms with Gasteiger partial charge in [-0.1, -0.05) is 54.6 Å². The van der Waals surface area contributed by atoms with Crippen molar-refractivity contribution in [1.82, 2.24) is 5.43 Å². The Morgan fingerprint density at radius 2 is 1.70 bits per heavy atom. The molecule has 1 heterocycles. The number of ether oxygens (including phenoxy) is 1. The molecule has 1 N–H and O–H groups in total. The van der Waals surface area contributed by atoms with Gasteiger partial charge in [0.1, 0.15) is 5.75 Å². The predicted octanol–water partition coefficient (Wildman–Crippen LogP) is 4.97. The molecule has 2 unspecified atom stereocenters. The lowest BCUT2D eigenvalue weighted by atomic mass is 9.77. The molecular weight excluding hydrogens is 332 g/mol. The number of fused-ring (bicyclic) bond motifs is 3. The van der Waals surface area contributed by atoms with Gasteiger partial charge in [-0.25, -0.2) is 0 Å². The van der Waals surface area contributed by atoms with Gasteiger partial charge in [0.2, 0.25) is 0 Å². The van der Waals surface area contributed by atoms with Gasteiger partial charge in [0, 0.05) is 11.5 Å². The van der Waals surface area contributed by atoms with Crippen molar-refractivity contribution in [2.24, 2.45) is 11.0 Å². The van der Waals surface area contributed by atoms with Crippen LogP contribution in [0.15, 0.2) is 77.9 Å². The van der Waals surface area contributed by atoms with Gasteiger partial charge >= 0.3 is 0 Å². The van der Waals surface area contributed by atoms with Crippen molar-refractivity contribution in [1.29, 1.82) is 0 Å². The number of hydrogen-bond donors (Lipinski definition) is 1. The van der Waals surface area contributed by atoms with Crippen LogP contribution in [-0.4, -0.2) is 12.8 Å². The third-order valence-corrected chi connectivity index (χ3v) is 5.77. The number of nitrogens with one attached hydrogen (secondary N) is 1. The van der Waals surface area contributed by atoms with E-state index in [9.17, 15) is 0 Å². The molecule has 0 amide bonds. The maximum Gasteiger partial charge on any atom is 0.119 e. The van der Waals surface area contributed by atoms with Gasteiger partial charge in [-0.3, -0.25) is 0 Å². The van der Waals surface area contributed by atoms with Crippen LogP contribution in [0.2, 0.25) is 0 Å². The van der Waals surface area contributed by atoms with Crippen LogP contribution in [0.5, 0.6) is 5.75 Å². The lowest BCUT2D eigenvalue weighted by molar-refractivity contribution is 0.413. The zero-order valence-electron chi connectivity index (χ0n) is 15.4. The Labute approximate surface area is 159 Å². The maximum absolute atomic E-state index is 5.37. The van der Waals surface area contributed by atoms with Crippen LogP contribution in [-0.2, 0) is 6.42 Å². The average Bonchev–Trinajstić information content (AvgIpc) is 3.18. The second-order valence-electron chi connectivity index (χ2n) is 7.26. The first-order chi connectivity index (χ1) is 13.3. The first-order valence-electron chi connectivity index (χ1n) is 9.49. The largest absolute Gasteiger partial charge is 0.497 e. The molecule has 0 bridgehead atoms. The van der Waals surface area contributed by atoms with Gasteiger partial charge in [0.15, 0.2) is 0 Å². The average molecular weight is 354 g/mol. The number of aryl methyl sites for hydroxylation is 1. The van der Waals surface area contributed by atoms with Gasteiger partial charge in [-0.2, -0.15) is 5.10 Å². The molecule has 0 radical (unpaired) electrons. The molecule has 0 aromatic heterocycles. The Morgan fingerprint density at radius 3 is 2.48 bits per heavy atom. The van der Waals surface area contributed by atoms with Crippen LogP contribution in [0.25, 0.3) is 11.1 Å². The smallest absolute Gasteiger partial charge is 0.119 e. The Balaban J connectivity index is 1.41. The number of nitrogens with zero attached hydrogens (tertiary/aromatic N) is 1. The minimum absolute atomic E-state index is 0.250. The molecule has 5 rings (SSSR count). The van der Waals surface area contributed by atoms with Crippen molar-refractivity contribution in [3.63, 3.8) is 0 Å². The van der Waals surface area contributed by atoms with Gasteiger partial charge in [0.25, 0.3) is 0 Å². The molecule has 2 atom stereocenters. The van der Waals surface area contributed by atoms with E-state index < -0.39 is 0 Å². The third kappa shape index (κ3) is 2.80. The van der Waals surface area contributed by atoms with E-state index in [1.165, 1.54) is 33.5 Å². The monoisotopic (exact) mass is 354 g/mol. The second-order valence-corrected chi connectivity index (χ2v) is 7.26. The zero-order valence-corrected chi connectivity index (χ0v) is 15.4. The van der Waals surface area contributed by atoms with Crippen molar-refractivity contribution in [2.45, 2.75) is 18.9 Å². The van der Waals surface area contributed by atoms with Crippen LogP contribution in [0.3, 0.4) is 0 Å². The molecule has 2 aliphatic rings. The standard InChI is InChI=1S/C24H22N2O/c1-27-20-12-14-21-19(15-20)11-13-22-23(25-26-24(21)22)18-9-7-17(8-10-18)16-5-3-2-4-6-16/h2-10,12,14-15,22-23,25H,11,13H2,1H3. The van der Waals surface area contributed by atoms with Gasteiger partial charge < -0.3 is 10.2 Å². The number of benzene rings is 3. The van der Waals surface area contributed by atoms with Crippen molar-refractivity contribution >= 4 is 5.71 Å². The summed E-state index contributed by atoms with van der Waals surface area (Å²) in [5.41, 5.74) is 11.0. The predicted molar refractivity (Wildman–Crippen MR) is 109 cm³/mol. The summed E-state index contributed by atoms with van der Waals surface area (Å²) in [6.45, 7) is 0. The fourth-order valence-corrected chi connectivity index (χ4v) is 4.32. The molecular formula is C24H22N2O. The summed E-state index contributed by atoms with van der Waals surface area (Å²) >= 11 is 0. The molecule has 134 valence electrons. The molecule has 0 saturated carbocycles. The summed E-state index contributed by atoms with van der Waals surface area (Å²) < 4.78 is 5.37. The molecule has 0 spiro atoms. The Kier molecular flexibility index (Phi) is 3.93. The highest BCUT2D eigenvalue weighted by atomic mass is 16.5. The quantitative estimate of drug-likeness (QED) is 0.720. The maximum atomic E-state index is 5.37. The fourth-order valence-electron chi connectivity index (χ4n) is 4.32. The molecule has 0 fully saturated rings. The van der Waals surface area contributed by atoms with Gasteiger partial charge in [-0.05, 0) is 53.3 Å². The van der Waals surface area contributed by atoms with Crippen LogP contribution in [0.4, 0.5) is 0 Å². The topological polar surface area (TPSA) is 33.6 Å². The number of hydrogen-bond acceptors (Lipinski definition) is 3. The molecule has 3 nitrogen and oxygen atoms in total. The molecule has 3 aromatic carbocycles. The van der Waals surface area contributed by atoms with E-state index in [1.807, 2.05) is 6.07 Å². The van der Waals surface area contributed by atoms with Crippen molar-refractivity contribution in [2.75, 3.05) is 7.11 Å². The summed E-state index contributed by atoms with van der Waals surface area (Å²) in [6, 6.07) is 26.0. The third-order valence-electron chi connectivity index (χ3n) is 5.77.